The molecule has 5 nitrogen and oxygen atoms in total. The summed E-state index contributed by atoms with van der Waals surface area (Å²) < 4.78 is 10.2. The van der Waals surface area contributed by atoms with E-state index in [0.717, 1.165) is 43.2 Å². The molecule has 0 radical (unpaired) electrons. The van der Waals surface area contributed by atoms with Crippen molar-refractivity contribution in [3.8, 4) is 0 Å². The Balaban J connectivity index is 2.50. The SMILES string of the molecule is CC(=O)OC/C(=C\CCc1ccoc1)CCC[C@@H](CCC=C(C)C)C(=O)O. The summed E-state index contributed by atoms with van der Waals surface area (Å²) in [5, 5.41) is 9.41. The topological polar surface area (TPSA) is 76.7 Å². The molecular weight excluding hydrogens is 344 g/mol. The number of carbonyl (C=O) groups excluding carboxylic acids is 1. The molecular formula is C22H32O5. The second-order valence-electron chi connectivity index (χ2n) is 7.10. The first-order valence-electron chi connectivity index (χ1n) is 9.57. The highest BCUT2D eigenvalue weighted by atomic mass is 16.5. The zero-order valence-electron chi connectivity index (χ0n) is 16.7. The number of allylic oxidation sites excluding steroid dienone is 3. The van der Waals surface area contributed by atoms with Crippen molar-refractivity contribution in [2.24, 2.45) is 5.92 Å². The van der Waals surface area contributed by atoms with Crippen LogP contribution in [0, 0.1) is 5.92 Å². The van der Waals surface area contributed by atoms with Gasteiger partial charge in [-0.15, -0.1) is 0 Å². The van der Waals surface area contributed by atoms with Gasteiger partial charge in [0.05, 0.1) is 18.4 Å². The molecule has 5 heteroatoms. The molecule has 0 fully saturated rings. The van der Waals surface area contributed by atoms with E-state index < -0.39 is 5.97 Å². The minimum Gasteiger partial charge on any atom is -0.481 e. The standard InChI is InChI=1S/C22H32O5/c1-17(2)7-4-11-21(22(24)25)12-6-10-19(16-27-18(3)23)8-5-9-20-13-14-26-15-20/h7-8,13-15,21H,4-6,9-12,16H2,1-3H3,(H,24,25)/b19-8-/t21-/m1/s1. The Labute approximate surface area is 162 Å². The molecule has 1 atom stereocenters. The van der Waals surface area contributed by atoms with Gasteiger partial charge in [0.1, 0.15) is 6.61 Å². The fraction of sp³-hybridized carbons (Fsp3) is 0.545. The lowest BCUT2D eigenvalue weighted by molar-refractivity contribution is -0.142. The first-order chi connectivity index (χ1) is 12.9. The molecule has 1 aromatic rings. The Kier molecular flexibility index (Phi) is 10.9. The van der Waals surface area contributed by atoms with Crippen LogP contribution in [0.15, 0.2) is 46.3 Å². The highest BCUT2D eigenvalue weighted by Crippen LogP contribution is 2.19. The van der Waals surface area contributed by atoms with Crippen molar-refractivity contribution in [3.63, 3.8) is 0 Å². The van der Waals surface area contributed by atoms with E-state index in [4.69, 9.17) is 9.15 Å². The molecule has 27 heavy (non-hydrogen) atoms. The molecule has 0 saturated heterocycles. The van der Waals surface area contributed by atoms with Gasteiger partial charge in [0.2, 0.25) is 0 Å². The number of esters is 1. The fourth-order valence-electron chi connectivity index (χ4n) is 2.85. The fourth-order valence-corrected chi connectivity index (χ4v) is 2.85. The number of carbonyl (C=O) groups is 2. The number of hydrogen-bond donors (Lipinski definition) is 1. The first kappa shape index (κ1) is 22.7. The molecule has 1 N–H and O–H groups in total. The van der Waals surface area contributed by atoms with Gasteiger partial charge in [-0.1, -0.05) is 17.7 Å². The Morgan fingerprint density at radius 2 is 1.96 bits per heavy atom. The number of carboxylic acid groups (broad SMARTS) is 1. The molecule has 1 aromatic heterocycles. The van der Waals surface area contributed by atoms with Crippen LogP contribution in [0.25, 0.3) is 0 Å². The van der Waals surface area contributed by atoms with Crippen LogP contribution in [-0.2, 0) is 20.7 Å². The van der Waals surface area contributed by atoms with Crippen LogP contribution in [0.3, 0.4) is 0 Å². The molecule has 0 aromatic carbocycles. The minimum absolute atomic E-state index is 0.274. The number of ether oxygens (including phenoxy) is 1. The van der Waals surface area contributed by atoms with E-state index >= 15 is 0 Å². The van der Waals surface area contributed by atoms with Crippen molar-refractivity contribution in [3.05, 3.63) is 47.5 Å². The monoisotopic (exact) mass is 376 g/mol. The molecule has 150 valence electrons. The summed E-state index contributed by atoms with van der Waals surface area (Å²) in [5.41, 5.74) is 3.38. The smallest absolute Gasteiger partial charge is 0.306 e. The molecule has 0 aliphatic carbocycles. The second kappa shape index (κ2) is 13.0. The van der Waals surface area contributed by atoms with Crippen LogP contribution in [0.5, 0.6) is 0 Å². The quantitative estimate of drug-likeness (QED) is 0.372. The predicted octanol–water partition coefficient (Wildman–Crippen LogP) is 5.32. The summed E-state index contributed by atoms with van der Waals surface area (Å²) in [5.74, 6) is -1.37. The van der Waals surface area contributed by atoms with Crippen LogP contribution >= 0.6 is 0 Å². The van der Waals surface area contributed by atoms with E-state index in [9.17, 15) is 14.7 Å². The zero-order chi connectivity index (χ0) is 20.1. The van der Waals surface area contributed by atoms with E-state index in [1.54, 1.807) is 12.5 Å². The van der Waals surface area contributed by atoms with Crippen molar-refractivity contribution in [2.75, 3.05) is 6.61 Å². The zero-order valence-corrected chi connectivity index (χ0v) is 16.7. The molecule has 0 amide bonds. The van der Waals surface area contributed by atoms with Gasteiger partial charge in [0, 0.05) is 6.92 Å². The molecule has 0 saturated carbocycles. The van der Waals surface area contributed by atoms with Gasteiger partial charge in [-0.3, -0.25) is 9.59 Å². The van der Waals surface area contributed by atoms with E-state index in [1.165, 1.54) is 12.5 Å². The van der Waals surface area contributed by atoms with Gasteiger partial charge in [-0.2, -0.15) is 0 Å². The molecule has 0 aliphatic rings. The average molecular weight is 376 g/mol. The number of hydrogen-bond acceptors (Lipinski definition) is 4. The molecule has 1 heterocycles. The molecule has 0 bridgehead atoms. The normalized spacial score (nSPS) is 12.5. The maximum atomic E-state index is 11.5. The van der Waals surface area contributed by atoms with Gasteiger partial charge >= 0.3 is 11.9 Å². The van der Waals surface area contributed by atoms with Crippen molar-refractivity contribution in [1.29, 1.82) is 0 Å². The highest BCUT2D eigenvalue weighted by molar-refractivity contribution is 5.69. The van der Waals surface area contributed by atoms with Crippen molar-refractivity contribution in [1.82, 2.24) is 0 Å². The lowest BCUT2D eigenvalue weighted by atomic mass is 9.94. The Bertz CT molecular complexity index is 621. The molecule has 0 aliphatic heterocycles. The van der Waals surface area contributed by atoms with E-state index in [2.05, 4.69) is 12.2 Å². The number of aryl methyl sites for hydroxylation is 1. The highest BCUT2D eigenvalue weighted by Gasteiger charge is 2.16. The van der Waals surface area contributed by atoms with Gasteiger partial charge in [0.25, 0.3) is 0 Å². The maximum Gasteiger partial charge on any atom is 0.306 e. The summed E-state index contributed by atoms with van der Waals surface area (Å²) in [4.78, 5) is 22.6. The van der Waals surface area contributed by atoms with E-state index in [-0.39, 0.29) is 18.5 Å². The van der Waals surface area contributed by atoms with Crippen LogP contribution in [0.4, 0.5) is 0 Å². The third kappa shape index (κ3) is 11.1. The Morgan fingerprint density at radius 3 is 2.56 bits per heavy atom. The summed E-state index contributed by atoms with van der Waals surface area (Å²) in [6.07, 6.45) is 12.8. The summed E-state index contributed by atoms with van der Waals surface area (Å²) in [6.45, 7) is 5.71. The third-order valence-corrected chi connectivity index (χ3v) is 4.37. The van der Waals surface area contributed by atoms with Crippen LogP contribution in [0.2, 0.25) is 0 Å². The van der Waals surface area contributed by atoms with Gasteiger partial charge in [-0.05, 0) is 76.0 Å². The maximum absolute atomic E-state index is 11.5. The van der Waals surface area contributed by atoms with Gasteiger partial charge in [-0.25, -0.2) is 0 Å². The number of rotatable bonds is 13. The number of aliphatic carboxylic acids is 1. The Morgan fingerprint density at radius 1 is 1.19 bits per heavy atom. The van der Waals surface area contributed by atoms with E-state index in [1.807, 2.05) is 19.9 Å². The van der Waals surface area contributed by atoms with Crippen LogP contribution in [-0.4, -0.2) is 23.7 Å². The predicted molar refractivity (Wildman–Crippen MR) is 105 cm³/mol. The third-order valence-electron chi connectivity index (χ3n) is 4.37. The van der Waals surface area contributed by atoms with E-state index in [0.29, 0.717) is 12.8 Å². The Hall–Kier alpha value is -2.30. The van der Waals surface area contributed by atoms with Crippen molar-refractivity contribution < 1.29 is 23.8 Å². The molecule has 0 spiro atoms. The minimum atomic E-state index is -0.734. The summed E-state index contributed by atoms with van der Waals surface area (Å²) >= 11 is 0. The van der Waals surface area contributed by atoms with Crippen LogP contribution in [0.1, 0.15) is 64.9 Å². The largest absolute Gasteiger partial charge is 0.481 e. The van der Waals surface area contributed by atoms with Crippen LogP contribution < -0.4 is 0 Å². The second-order valence-corrected chi connectivity index (χ2v) is 7.10. The lowest BCUT2D eigenvalue weighted by Crippen LogP contribution is -2.13. The molecule has 1 rings (SSSR count). The average Bonchev–Trinajstić information content (AvgIpc) is 3.10. The van der Waals surface area contributed by atoms with Crippen molar-refractivity contribution >= 4 is 11.9 Å². The van der Waals surface area contributed by atoms with Gasteiger partial charge < -0.3 is 14.3 Å². The first-order valence-corrected chi connectivity index (χ1v) is 9.57. The van der Waals surface area contributed by atoms with Gasteiger partial charge in [0.15, 0.2) is 0 Å². The summed E-state index contributed by atoms with van der Waals surface area (Å²) in [7, 11) is 0. The van der Waals surface area contributed by atoms with Crippen molar-refractivity contribution in [2.45, 2.75) is 65.7 Å². The number of furan rings is 1. The lowest BCUT2D eigenvalue weighted by Gasteiger charge is -2.13. The summed E-state index contributed by atoms with van der Waals surface area (Å²) in [6, 6.07) is 1.93. The molecule has 0 unspecified atom stereocenters. The number of carboxylic acids is 1.